The van der Waals surface area contributed by atoms with Crippen molar-refractivity contribution in [1.29, 1.82) is 0 Å². The molecule has 2 heterocycles. The van der Waals surface area contributed by atoms with E-state index in [0.29, 0.717) is 0 Å². The highest BCUT2D eigenvalue weighted by atomic mass is 16.5. The van der Waals surface area contributed by atoms with Crippen molar-refractivity contribution in [3.8, 4) is 17.2 Å². The summed E-state index contributed by atoms with van der Waals surface area (Å²) in [5.41, 5.74) is 7.92. The van der Waals surface area contributed by atoms with Crippen molar-refractivity contribution in [2.24, 2.45) is 0 Å². The minimum Gasteiger partial charge on any atom is -0.497 e. The Bertz CT molecular complexity index is 870. The maximum atomic E-state index is 5.69. The summed E-state index contributed by atoms with van der Waals surface area (Å²) < 4.78 is 16.6. The van der Waals surface area contributed by atoms with Gasteiger partial charge in [0.2, 0.25) is 0 Å². The number of rotatable bonds is 3. The lowest BCUT2D eigenvalue weighted by atomic mass is 9.86. The van der Waals surface area contributed by atoms with Gasteiger partial charge in [0.15, 0.2) is 11.5 Å². The van der Waals surface area contributed by atoms with E-state index < -0.39 is 0 Å². The van der Waals surface area contributed by atoms with Gasteiger partial charge in [-0.1, -0.05) is 12.1 Å². The van der Waals surface area contributed by atoms with Crippen molar-refractivity contribution >= 4 is 11.3 Å². The second-order valence-electron chi connectivity index (χ2n) is 6.63. The van der Waals surface area contributed by atoms with Crippen LogP contribution in [-0.4, -0.2) is 27.9 Å². The zero-order valence-electron chi connectivity index (χ0n) is 15.2. The predicted molar refractivity (Wildman–Crippen MR) is 98.3 cm³/mol. The molecule has 1 atom stereocenters. The van der Waals surface area contributed by atoms with Gasteiger partial charge in [-0.15, -0.1) is 0 Å². The van der Waals surface area contributed by atoms with E-state index in [-0.39, 0.29) is 0 Å². The van der Waals surface area contributed by atoms with E-state index in [1.165, 1.54) is 38.4 Å². The van der Waals surface area contributed by atoms with Crippen molar-refractivity contribution in [2.45, 2.75) is 19.9 Å². The Kier molecular flexibility index (Phi) is 3.92. The van der Waals surface area contributed by atoms with E-state index >= 15 is 0 Å². The van der Waals surface area contributed by atoms with Crippen LogP contribution in [0.25, 0.3) is 11.3 Å². The van der Waals surface area contributed by atoms with Crippen LogP contribution in [0.3, 0.4) is 0 Å². The predicted octanol–water partition coefficient (Wildman–Crippen LogP) is 2.56. The number of hydrogen-bond donors (Lipinski definition) is 1. The third-order valence-electron chi connectivity index (χ3n) is 5.45. The number of allylic oxidation sites excluding steroid dienone is 1. The third kappa shape index (κ3) is 2.40. The first-order valence-electron chi connectivity index (χ1n) is 8.65. The van der Waals surface area contributed by atoms with Crippen molar-refractivity contribution in [1.82, 2.24) is 0 Å². The van der Waals surface area contributed by atoms with Crippen LogP contribution in [0.15, 0.2) is 30.3 Å². The van der Waals surface area contributed by atoms with Crippen molar-refractivity contribution in [2.75, 3.05) is 27.9 Å². The normalized spacial score (nSPS) is 18.2. The summed E-state index contributed by atoms with van der Waals surface area (Å²) in [6.07, 6.45) is 1.08. The quantitative estimate of drug-likeness (QED) is 0.933. The average Bonchev–Trinajstić information content (AvgIpc) is 2.66. The fourth-order valence-corrected chi connectivity index (χ4v) is 4.24. The number of ether oxygens (including phenoxy) is 3. The van der Waals surface area contributed by atoms with Crippen LogP contribution in [0.1, 0.15) is 29.2 Å². The molecule has 2 aromatic rings. The SMILES string of the molecule is COc1ccc2c(c1)C1=C(C)c3ccc(OC)c(OC)c3C[NH+]1CC2. The van der Waals surface area contributed by atoms with Crippen LogP contribution in [0, 0.1) is 0 Å². The van der Waals surface area contributed by atoms with Crippen LogP contribution in [0.2, 0.25) is 0 Å². The molecule has 4 heteroatoms. The number of methoxy groups -OCH3 is 3. The zero-order valence-corrected chi connectivity index (χ0v) is 15.2. The van der Waals surface area contributed by atoms with Crippen LogP contribution in [0.4, 0.5) is 0 Å². The molecule has 0 amide bonds. The summed E-state index contributed by atoms with van der Waals surface area (Å²) in [4.78, 5) is 1.48. The molecule has 0 aromatic heterocycles. The second-order valence-corrected chi connectivity index (χ2v) is 6.63. The second kappa shape index (κ2) is 6.12. The van der Waals surface area contributed by atoms with E-state index in [1.807, 2.05) is 6.07 Å². The van der Waals surface area contributed by atoms with Gasteiger partial charge in [0, 0.05) is 17.6 Å². The molecule has 0 aliphatic carbocycles. The molecule has 130 valence electrons. The van der Waals surface area contributed by atoms with Crippen molar-refractivity contribution in [3.05, 3.63) is 52.6 Å². The Morgan fingerprint density at radius 3 is 2.48 bits per heavy atom. The molecule has 4 nitrogen and oxygen atoms in total. The van der Waals surface area contributed by atoms with Crippen LogP contribution < -0.4 is 19.1 Å². The Hall–Kier alpha value is -2.46. The molecule has 25 heavy (non-hydrogen) atoms. The molecular weight excluding hydrogens is 314 g/mol. The standard InChI is InChI=1S/C21H23NO3/c1-13-16-7-8-19(24-3)21(25-4)18(16)12-22-10-9-14-5-6-15(23-2)11-17(14)20(13)22/h5-8,11H,9-10,12H2,1-4H3/p+1. The van der Waals surface area contributed by atoms with Gasteiger partial charge in [0.1, 0.15) is 18.0 Å². The Morgan fingerprint density at radius 1 is 0.920 bits per heavy atom. The van der Waals surface area contributed by atoms with Crippen molar-refractivity contribution in [3.63, 3.8) is 0 Å². The smallest absolute Gasteiger partial charge is 0.170 e. The lowest BCUT2D eigenvalue weighted by Gasteiger charge is -2.34. The maximum Gasteiger partial charge on any atom is 0.170 e. The highest BCUT2D eigenvalue weighted by Crippen LogP contribution is 2.40. The minimum absolute atomic E-state index is 0.802. The molecule has 0 saturated carbocycles. The highest BCUT2D eigenvalue weighted by molar-refractivity contribution is 5.90. The molecule has 2 aromatic carbocycles. The highest BCUT2D eigenvalue weighted by Gasteiger charge is 2.35. The molecule has 1 N–H and O–H groups in total. The molecule has 4 rings (SSSR count). The number of benzene rings is 2. The molecule has 0 radical (unpaired) electrons. The zero-order chi connectivity index (χ0) is 17.6. The molecule has 0 spiro atoms. The molecular formula is C21H24NO3+. The summed E-state index contributed by atoms with van der Waals surface area (Å²) in [6, 6.07) is 10.6. The molecule has 0 bridgehead atoms. The summed E-state index contributed by atoms with van der Waals surface area (Å²) in [5, 5.41) is 0. The Balaban J connectivity index is 1.94. The molecule has 0 fully saturated rings. The van der Waals surface area contributed by atoms with Crippen LogP contribution >= 0.6 is 0 Å². The van der Waals surface area contributed by atoms with E-state index in [4.69, 9.17) is 14.2 Å². The van der Waals surface area contributed by atoms with E-state index in [2.05, 4.69) is 31.2 Å². The van der Waals surface area contributed by atoms with E-state index in [0.717, 1.165) is 36.8 Å². The Labute approximate surface area is 148 Å². The number of fused-ring (bicyclic) bond motifs is 4. The van der Waals surface area contributed by atoms with Crippen LogP contribution in [0.5, 0.6) is 17.2 Å². The first-order valence-corrected chi connectivity index (χ1v) is 8.65. The summed E-state index contributed by atoms with van der Waals surface area (Å²) in [5.74, 6) is 2.58. The molecule has 0 saturated heterocycles. The van der Waals surface area contributed by atoms with Gasteiger partial charge in [-0.05, 0) is 36.2 Å². The van der Waals surface area contributed by atoms with Gasteiger partial charge in [0.25, 0.3) is 0 Å². The monoisotopic (exact) mass is 338 g/mol. The van der Waals surface area contributed by atoms with Gasteiger partial charge in [0.05, 0.1) is 33.4 Å². The van der Waals surface area contributed by atoms with E-state index in [9.17, 15) is 0 Å². The molecule has 2 aliphatic heterocycles. The van der Waals surface area contributed by atoms with Gasteiger partial charge < -0.3 is 14.2 Å². The minimum atomic E-state index is 0.802. The largest absolute Gasteiger partial charge is 0.497 e. The van der Waals surface area contributed by atoms with Gasteiger partial charge in [-0.3, -0.25) is 4.90 Å². The average molecular weight is 338 g/mol. The number of nitrogens with one attached hydrogen (secondary N) is 1. The van der Waals surface area contributed by atoms with E-state index in [1.54, 1.807) is 21.3 Å². The first-order chi connectivity index (χ1) is 12.2. The van der Waals surface area contributed by atoms with Crippen LogP contribution in [-0.2, 0) is 13.0 Å². The number of quaternary nitrogens is 1. The molecule has 1 unspecified atom stereocenters. The summed E-state index contributed by atoms with van der Waals surface area (Å²) in [7, 11) is 5.14. The number of hydrogen-bond acceptors (Lipinski definition) is 3. The van der Waals surface area contributed by atoms with Gasteiger partial charge >= 0.3 is 0 Å². The topological polar surface area (TPSA) is 32.1 Å². The first kappa shape index (κ1) is 16.0. The Morgan fingerprint density at radius 2 is 1.76 bits per heavy atom. The molecule has 2 aliphatic rings. The van der Waals surface area contributed by atoms with Crippen molar-refractivity contribution < 1.29 is 19.1 Å². The fourth-order valence-electron chi connectivity index (χ4n) is 4.24. The maximum absolute atomic E-state index is 5.69. The summed E-state index contributed by atoms with van der Waals surface area (Å²) in [6.45, 7) is 4.22. The lowest BCUT2D eigenvalue weighted by molar-refractivity contribution is -0.842. The lowest BCUT2D eigenvalue weighted by Crippen LogP contribution is -3.09. The fraction of sp³-hybridized carbons (Fsp3) is 0.333. The summed E-state index contributed by atoms with van der Waals surface area (Å²) >= 11 is 0. The third-order valence-corrected chi connectivity index (χ3v) is 5.45. The van der Waals surface area contributed by atoms with Gasteiger partial charge in [-0.25, -0.2) is 0 Å². The van der Waals surface area contributed by atoms with Gasteiger partial charge in [-0.2, -0.15) is 0 Å².